The van der Waals surface area contributed by atoms with Crippen molar-refractivity contribution in [2.75, 3.05) is 13.1 Å². The maximum absolute atomic E-state index is 12.6. The van der Waals surface area contributed by atoms with Gasteiger partial charge in [-0.15, -0.1) is 0 Å². The summed E-state index contributed by atoms with van der Waals surface area (Å²) < 4.78 is 5.76. The smallest absolute Gasteiger partial charge is 0.251 e. The molecule has 148 valence electrons. The average Bonchev–Trinajstić information content (AvgIpc) is 3.20. The van der Waals surface area contributed by atoms with Gasteiger partial charge in [-0.3, -0.25) is 4.79 Å². The highest BCUT2D eigenvalue weighted by Gasteiger charge is 2.27. The van der Waals surface area contributed by atoms with Crippen LogP contribution >= 0.6 is 0 Å². The lowest BCUT2D eigenvalue weighted by atomic mass is 10.1. The van der Waals surface area contributed by atoms with Crippen LogP contribution in [0.15, 0.2) is 84.9 Å². The van der Waals surface area contributed by atoms with Crippen molar-refractivity contribution in [1.29, 1.82) is 0 Å². The molecule has 3 aromatic carbocycles. The maximum Gasteiger partial charge on any atom is 0.251 e. The molecule has 1 amide bonds. The summed E-state index contributed by atoms with van der Waals surface area (Å²) in [6, 6.07) is 28.2. The molecule has 3 aromatic rings. The fourth-order valence-corrected chi connectivity index (χ4v) is 3.80. The number of carbonyl (C=O) groups excluding carboxylic acids is 1. The van der Waals surface area contributed by atoms with Crippen LogP contribution in [0, 0.1) is 0 Å². The standard InChI is InChI=1S/C25H26N2O2/c28-25(26-23-15-16-27(18-23)17-20-7-3-1-4-8-20)22-13-11-21(12-14-22)19-29-24-9-5-2-6-10-24/h1-14,23H,15-19H2,(H,26,28)/p+1/t23-/m1/s1. The van der Waals surface area contributed by atoms with E-state index in [1.54, 1.807) is 0 Å². The summed E-state index contributed by atoms with van der Waals surface area (Å²) in [6.45, 7) is 3.58. The van der Waals surface area contributed by atoms with Crippen LogP contribution in [0.4, 0.5) is 0 Å². The van der Waals surface area contributed by atoms with Crippen LogP contribution in [0.1, 0.15) is 27.9 Å². The van der Waals surface area contributed by atoms with E-state index in [9.17, 15) is 4.79 Å². The van der Waals surface area contributed by atoms with Gasteiger partial charge in [-0.2, -0.15) is 0 Å². The molecule has 0 aliphatic carbocycles. The Kier molecular flexibility index (Phi) is 6.22. The van der Waals surface area contributed by atoms with Gasteiger partial charge >= 0.3 is 0 Å². The minimum atomic E-state index is 0.00601. The molecule has 2 N–H and O–H groups in total. The zero-order chi connectivity index (χ0) is 19.9. The third kappa shape index (κ3) is 5.46. The first-order chi connectivity index (χ1) is 14.3. The van der Waals surface area contributed by atoms with Crippen LogP contribution in [-0.4, -0.2) is 25.0 Å². The summed E-state index contributed by atoms with van der Waals surface area (Å²) in [7, 11) is 0. The van der Waals surface area contributed by atoms with Crippen LogP contribution in [0.25, 0.3) is 0 Å². The van der Waals surface area contributed by atoms with Gasteiger partial charge < -0.3 is 15.0 Å². The number of nitrogens with one attached hydrogen (secondary N) is 2. The fraction of sp³-hybridized carbons (Fsp3) is 0.240. The third-order valence-electron chi connectivity index (χ3n) is 5.38. The van der Waals surface area contributed by atoms with E-state index in [1.165, 1.54) is 10.5 Å². The number of likely N-dealkylation sites (tertiary alicyclic amines) is 1. The zero-order valence-corrected chi connectivity index (χ0v) is 16.5. The van der Waals surface area contributed by atoms with E-state index in [4.69, 9.17) is 4.74 Å². The molecule has 0 spiro atoms. The number of benzene rings is 3. The van der Waals surface area contributed by atoms with Gasteiger partial charge in [0.05, 0.1) is 19.1 Å². The van der Waals surface area contributed by atoms with E-state index in [0.29, 0.717) is 12.2 Å². The minimum absolute atomic E-state index is 0.00601. The van der Waals surface area contributed by atoms with Crippen molar-refractivity contribution < 1.29 is 14.4 Å². The van der Waals surface area contributed by atoms with Gasteiger partial charge in [-0.1, -0.05) is 60.7 Å². The maximum atomic E-state index is 12.6. The molecule has 4 heteroatoms. The first-order valence-electron chi connectivity index (χ1n) is 10.2. The topological polar surface area (TPSA) is 42.8 Å². The predicted molar refractivity (Wildman–Crippen MR) is 114 cm³/mol. The second kappa shape index (κ2) is 9.39. The number of carbonyl (C=O) groups is 1. The largest absolute Gasteiger partial charge is 0.489 e. The molecule has 0 aromatic heterocycles. The molecule has 1 aliphatic rings. The minimum Gasteiger partial charge on any atom is -0.489 e. The van der Waals surface area contributed by atoms with Gasteiger partial charge in [0.15, 0.2) is 0 Å². The summed E-state index contributed by atoms with van der Waals surface area (Å²) in [5.74, 6) is 0.851. The number of quaternary nitrogens is 1. The first-order valence-corrected chi connectivity index (χ1v) is 10.2. The van der Waals surface area contributed by atoms with Crippen LogP contribution in [0.2, 0.25) is 0 Å². The Balaban J connectivity index is 1.25. The molecular formula is C25H27N2O2+. The predicted octanol–water partition coefficient (Wildman–Crippen LogP) is 2.85. The van der Waals surface area contributed by atoms with E-state index >= 15 is 0 Å². The number of hydrogen-bond donors (Lipinski definition) is 2. The molecule has 1 saturated heterocycles. The number of amides is 1. The highest BCUT2D eigenvalue weighted by Crippen LogP contribution is 2.12. The summed E-state index contributed by atoms with van der Waals surface area (Å²) in [5.41, 5.74) is 3.09. The van der Waals surface area contributed by atoms with Gasteiger partial charge in [-0.25, -0.2) is 0 Å². The van der Waals surface area contributed by atoms with Gasteiger partial charge in [0.2, 0.25) is 0 Å². The normalized spacial score (nSPS) is 18.3. The molecule has 1 aliphatic heterocycles. The van der Waals surface area contributed by atoms with Gasteiger partial charge in [0.25, 0.3) is 5.91 Å². The molecule has 0 saturated carbocycles. The Labute approximate surface area is 172 Å². The lowest BCUT2D eigenvalue weighted by Gasteiger charge is -2.14. The van der Waals surface area contributed by atoms with Crippen molar-refractivity contribution in [2.45, 2.75) is 25.6 Å². The van der Waals surface area contributed by atoms with E-state index in [1.807, 2.05) is 60.7 Å². The Morgan fingerprint density at radius 2 is 1.59 bits per heavy atom. The van der Waals surface area contributed by atoms with Crippen molar-refractivity contribution >= 4 is 5.91 Å². The van der Waals surface area contributed by atoms with Crippen LogP contribution in [0.3, 0.4) is 0 Å². The summed E-state index contributed by atoms with van der Waals surface area (Å²) >= 11 is 0. The Bertz CT molecular complexity index is 911. The van der Waals surface area contributed by atoms with Crippen molar-refractivity contribution in [3.05, 3.63) is 102 Å². The van der Waals surface area contributed by atoms with Crippen molar-refractivity contribution in [3.8, 4) is 5.75 Å². The molecule has 1 heterocycles. The molecule has 0 radical (unpaired) electrons. The quantitative estimate of drug-likeness (QED) is 0.655. The van der Waals surface area contributed by atoms with E-state index < -0.39 is 0 Å². The SMILES string of the molecule is O=C(N[C@@H]1CC[NH+](Cc2ccccc2)C1)c1ccc(COc2ccccc2)cc1. The third-order valence-corrected chi connectivity index (χ3v) is 5.38. The number of para-hydroxylation sites is 1. The number of rotatable bonds is 7. The molecule has 1 unspecified atom stereocenters. The summed E-state index contributed by atoms with van der Waals surface area (Å²) in [6.07, 6.45) is 1.02. The van der Waals surface area contributed by atoms with Crippen molar-refractivity contribution in [2.24, 2.45) is 0 Å². The zero-order valence-electron chi connectivity index (χ0n) is 16.5. The Morgan fingerprint density at radius 1 is 0.897 bits per heavy atom. The molecule has 1 fully saturated rings. The van der Waals surface area contributed by atoms with Crippen LogP contribution in [0.5, 0.6) is 5.75 Å². The molecule has 29 heavy (non-hydrogen) atoms. The molecule has 4 nitrogen and oxygen atoms in total. The summed E-state index contributed by atoms with van der Waals surface area (Å²) in [5, 5.41) is 3.20. The molecule has 4 rings (SSSR count). The second-order valence-corrected chi connectivity index (χ2v) is 7.62. The number of ether oxygens (including phenoxy) is 1. The molecule has 0 bridgehead atoms. The second-order valence-electron chi connectivity index (χ2n) is 7.62. The van der Waals surface area contributed by atoms with E-state index in [-0.39, 0.29) is 11.9 Å². The van der Waals surface area contributed by atoms with E-state index in [2.05, 4.69) is 29.6 Å². The van der Waals surface area contributed by atoms with Crippen molar-refractivity contribution in [3.63, 3.8) is 0 Å². The highest BCUT2D eigenvalue weighted by molar-refractivity contribution is 5.94. The first kappa shape index (κ1) is 19.2. The van der Waals surface area contributed by atoms with Gasteiger partial charge in [0.1, 0.15) is 18.9 Å². The van der Waals surface area contributed by atoms with E-state index in [0.717, 1.165) is 37.4 Å². The molecule has 2 atom stereocenters. The summed E-state index contributed by atoms with van der Waals surface area (Å²) in [4.78, 5) is 14.1. The van der Waals surface area contributed by atoms with Gasteiger partial charge in [0, 0.05) is 17.5 Å². The lowest BCUT2D eigenvalue weighted by molar-refractivity contribution is -0.901. The van der Waals surface area contributed by atoms with Gasteiger partial charge in [-0.05, 0) is 29.8 Å². The lowest BCUT2D eigenvalue weighted by Crippen LogP contribution is -3.09. The van der Waals surface area contributed by atoms with Crippen molar-refractivity contribution in [1.82, 2.24) is 5.32 Å². The number of hydrogen-bond acceptors (Lipinski definition) is 2. The van der Waals surface area contributed by atoms with Crippen LogP contribution < -0.4 is 15.0 Å². The van der Waals surface area contributed by atoms with Crippen LogP contribution in [-0.2, 0) is 13.2 Å². The fourth-order valence-electron chi connectivity index (χ4n) is 3.80. The Morgan fingerprint density at radius 3 is 2.31 bits per heavy atom. The molecular weight excluding hydrogens is 360 g/mol. The average molecular weight is 388 g/mol. The monoisotopic (exact) mass is 387 g/mol. The highest BCUT2D eigenvalue weighted by atomic mass is 16.5. The Hall–Kier alpha value is -3.11.